The van der Waals surface area contributed by atoms with Crippen molar-refractivity contribution in [2.45, 2.75) is 70.8 Å². The van der Waals surface area contributed by atoms with Gasteiger partial charge in [0, 0.05) is 13.2 Å². The predicted octanol–water partition coefficient (Wildman–Crippen LogP) is 3.35. The Morgan fingerprint density at radius 3 is 2.43 bits per heavy atom. The fraction of sp³-hybridized carbons (Fsp3) is 0.875. The second kappa shape index (κ2) is 7.36. The van der Waals surface area contributed by atoms with E-state index in [9.17, 15) is 0 Å². The predicted molar refractivity (Wildman–Crippen MR) is 81.9 cm³/mol. The number of hydrogen-bond donors (Lipinski definition) is 1. The molecule has 1 atom stereocenters. The normalized spacial score (nSPS) is 20.4. The second-order valence-electron chi connectivity index (χ2n) is 6.48. The van der Waals surface area contributed by atoms with E-state index in [1.54, 1.807) is 0 Å². The average Bonchev–Trinajstić information content (AvgIpc) is 2.83. The Hall–Kier alpha value is -0.940. The Bertz CT molecular complexity index is 423. The Balaban J connectivity index is 2.23. The summed E-state index contributed by atoms with van der Waals surface area (Å²) in [7, 11) is 0. The highest BCUT2D eigenvalue weighted by atomic mass is 16.5. The molecule has 2 rings (SSSR count). The topological polar surface area (TPSA) is 74.2 Å². The molecule has 0 aromatic carbocycles. The minimum atomic E-state index is -0.129. The highest BCUT2D eigenvalue weighted by Crippen LogP contribution is 2.37. The lowest BCUT2D eigenvalue weighted by Crippen LogP contribution is -2.35. The van der Waals surface area contributed by atoms with Crippen LogP contribution in [0.4, 0.5) is 0 Å². The zero-order chi connectivity index (χ0) is 15.3. The number of aromatic nitrogens is 2. The third-order valence-corrected chi connectivity index (χ3v) is 4.55. The van der Waals surface area contributed by atoms with Crippen LogP contribution in [-0.4, -0.2) is 23.3 Å². The van der Waals surface area contributed by atoms with Gasteiger partial charge in [-0.25, -0.2) is 0 Å². The van der Waals surface area contributed by atoms with Gasteiger partial charge in [-0.2, -0.15) is 4.98 Å². The van der Waals surface area contributed by atoms with Crippen molar-refractivity contribution in [3.63, 3.8) is 0 Å². The molecule has 0 radical (unpaired) electrons. The van der Waals surface area contributed by atoms with Gasteiger partial charge in [-0.05, 0) is 25.7 Å². The molecule has 1 aliphatic carbocycles. The van der Waals surface area contributed by atoms with Crippen LogP contribution in [0.2, 0.25) is 0 Å². The first-order valence-corrected chi connectivity index (χ1v) is 8.28. The summed E-state index contributed by atoms with van der Waals surface area (Å²) in [6, 6.07) is 0. The molecular formula is C16H29N3O2. The van der Waals surface area contributed by atoms with E-state index in [-0.39, 0.29) is 11.5 Å². The van der Waals surface area contributed by atoms with Crippen molar-refractivity contribution in [1.82, 2.24) is 10.1 Å². The van der Waals surface area contributed by atoms with Crippen LogP contribution >= 0.6 is 0 Å². The van der Waals surface area contributed by atoms with E-state index in [2.05, 4.69) is 24.0 Å². The fourth-order valence-electron chi connectivity index (χ4n) is 3.22. The molecule has 1 heterocycles. The van der Waals surface area contributed by atoms with Crippen molar-refractivity contribution in [2.75, 3.05) is 13.2 Å². The number of hydrogen-bond acceptors (Lipinski definition) is 5. The maximum Gasteiger partial charge on any atom is 0.234 e. The Kier molecular flexibility index (Phi) is 5.76. The smallest absolute Gasteiger partial charge is 0.234 e. The molecule has 0 bridgehead atoms. The minimum Gasteiger partial charge on any atom is -0.370 e. The zero-order valence-electron chi connectivity index (χ0n) is 13.6. The molecule has 1 unspecified atom stereocenters. The number of nitrogens with two attached hydrogens (primary N) is 1. The molecule has 1 saturated carbocycles. The van der Waals surface area contributed by atoms with Crippen molar-refractivity contribution >= 4 is 0 Å². The monoisotopic (exact) mass is 295 g/mol. The number of ether oxygens (including phenoxy) is 1. The fourth-order valence-corrected chi connectivity index (χ4v) is 3.22. The second-order valence-corrected chi connectivity index (χ2v) is 6.48. The van der Waals surface area contributed by atoms with Crippen LogP contribution in [0.15, 0.2) is 4.52 Å². The first kappa shape index (κ1) is 16.4. The summed E-state index contributed by atoms with van der Waals surface area (Å²) in [6.07, 6.45) is 6.92. The lowest BCUT2D eigenvalue weighted by molar-refractivity contribution is 0.0217. The first-order chi connectivity index (χ1) is 10.1. The summed E-state index contributed by atoms with van der Waals surface area (Å²) in [6.45, 7) is 7.44. The quantitative estimate of drug-likeness (QED) is 0.815. The molecule has 0 saturated heterocycles. The summed E-state index contributed by atoms with van der Waals surface area (Å²) in [4.78, 5) is 4.68. The van der Waals surface area contributed by atoms with Crippen LogP contribution in [0.3, 0.4) is 0 Å². The van der Waals surface area contributed by atoms with Gasteiger partial charge in [0.15, 0.2) is 0 Å². The highest BCUT2D eigenvalue weighted by Gasteiger charge is 2.38. The van der Waals surface area contributed by atoms with Gasteiger partial charge < -0.3 is 15.0 Å². The maximum absolute atomic E-state index is 6.08. The maximum atomic E-state index is 6.08. The molecule has 5 heteroatoms. The van der Waals surface area contributed by atoms with Crippen LogP contribution in [0.1, 0.15) is 77.1 Å². The van der Waals surface area contributed by atoms with Crippen molar-refractivity contribution in [1.29, 1.82) is 0 Å². The highest BCUT2D eigenvalue weighted by molar-refractivity contribution is 5.08. The molecule has 2 N–H and O–H groups in total. The Morgan fingerprint density at radius 1 is 1.24 bits per heavy atom. The summed E-state index contributed by atoms with van der Waals surface area (Å²) in [5, 5.41) is 4.19. The van der Waals surface area contributed by atoms with Gasteiger partial charge in [0.25, 0.3) is 0 Å². The number of nitrogens with zero attached hydrogens (tertiary/aromatic N) is 2. The van der Waals surface area contributed by atoms with Crippen molar-refractivity contribution in [3.05, 3.63) is 11.7 Å². The molecular weight excluding hydrogens is 266 g/mol. The van der Waals surface area contributed by atoms with Crippen LogP contribution in [0, 0.1) is 5.92 Å². The lowest BCUT2D eigenvalue weighted by atomic mass is 9.80. The summed E-state index contributed by atoms with van der Waals surface area (Å²) < 4.78 is 11.4. The lowest BCUT2D eigenvalue weighted by Gasteiger charge is -2.26. The van der Waals surface area contributed by atoms with Crippen molar-refractivity contribution < 1.29 is 9.26 Å². The van der Waals surface area contributed by atoms with Gasteiger partial charge in [0.1, 0.15) is 6.10 Å². The number of rotatable bonds is 6. The van der Waals surface area contributed by atoms with E-state index in [1.807, 2.05) is 6.92 Å². The molecule has 0 amide bonds. The molecule has 1 aromatic heterocycles. The summed E-state index contributed by atoms with van der Waals surface area (Å²) in [5.41, 5.74) is 5.96. The van der Waals surface area contributed by atoms with Gasteiger partial charge in [-0.1, -0.05) is 44.7 Å². The van der Waals surface area contributed by atoms with Crippen LogP contribution in [0.25, 0.3) is 0 Å². The van der Waals surface area contributed by atoms with Crippen LogP contribution < -0.4 is 5.73 Å². The first-order valence-electron chi connectivity index (χ1n) is 8.28. The molecule has 1 aliphatic rings. The SMILES string of the molecule is CCOC(c1noc(C2(CN)CCCCCC2)n1)C(C)C. The Morgan fingerprint density at radius 2 is 1.90 bits per heavy atom. The molecule has 1 fully saturated rings. The van der Waals surface area contributed by atoms with Gasteiger partial charge in [-0.3, -0.25) is 0 Å². The Labute approximate surface area is 127 Å². The van der Waals surface area contributed by atoms with Gasteiger partial charge >= 0.3 is 0 Å². The van der Waals surface area contributed by atoms with Crippen LogP contribution in [-0.2, 0) is 10.2 Å². The van der Waals surface area contributed by atoms with Crippen LogP contribution in [0.5, 0.6) is 0 Å². The largest absolute Gasteiger partial charge is 0.370 e. The summed E-state index contributed by atoms with van der Waals surface area (Å²) >= 11 is 0. The van der Waals surface area contributed by atoms with E-state index in [1.165, 1.54) is 25.7 Å². The van der Waals surface area contributed by atoms with E-state index in [4.69, 9.17) is 15.0 Å². The minimum absolute atomic E-state index is 0.104. The van der Waals surface area contributed by atoms with Gasteiger partial charge in [-0.15, -0.1) is 0 Å². The van der Waals surface area contributed by atoms with Crippen molar-refractivity contribution in [3.8, 4) is 0 Å². The third-order valence-electron chi connectivity index (χ3n) is 4.55. The van der Waals surface area contributed by atoms with Gasteiger partial charge in [0.05, 0.1) is 5.41 Å². The van der Waals surface area contributed by atoms with E-state index < -0.39 is 0 Å². The molecule has 0 spiro atoms. The van der Waals surface area contributed by atoms with Crippen molar-refractivity contribution in [2.24, 2.45) is 11.7 Å². The standard InChI is InChI=1S/C16H29N3O2/c1-4-20-13(12(2)3)14-18-15(21-19-14)16(11-17)9-7-5-6-8-10-16/h12-13H,4-11,17H2,1-3H3. The molecule has 0 aliphatic heterocycles. The molecule has 120 valence electrons. The molecule has 1 aromatic rings. The van der Waals surface area contributed by atoms with E-state index >= 15 is 0 Å². The summed E-state index contributed by atoms with van der Waals surface area (Å²) in [5.74, 6) is 1.70. The van der Waals surface area contributed by atoms with E-state index in [0.29, 0.717) is 30.8 Å². The third kappa shape index (κ3) is 3.64. The average molecular weight is 295 g/mol. The van der Waals surface area contributed by atoms with E-state index in [0.717, 1.165) is 12.8 Å². The molecule has 5 nitrogen and oxygen atoms in total. The molecule has 21 heavy (non-hydrogen) atoms. The van der Waals surface area contributed by atoms with Gasteiger partial charge in [0.2, 0.25) is 11.7 Å². The zero-order valence-corrected chi connectivity index (χ0v) is 13.6.